The van der Waals surface area contributed by atoms with Gasteiger partial charge in [0.15, 0.2) is 0 Å². The van der Waals surface area contributed by atoms with Crippen molar-refractivity contribution in [2.75, 3.05) is 5.32 Å². The van der Waals surface area contributed by atoms with Gasteiger partial charge in [-0.25, -0.2) is 0 Å². The number of carbonyl (C=O) groups is 1. The van der Waals surface area contributed by atoms with Gasteiger partial charge in [0, 0.05) is 31.9 Å². The minimum atomic E-state index is -0.573. The molecule has 0 aliphatic rings. The van der Waals surface area contributed by atoms with Crippen molar-refractivity contribution in [1.29, 1.82) is 5.26 Å². The summed E-state index contributed by atoms with van der Waals surface area (Å²) in [4.78, 5) is 12.5. The standard InChI is InChI=1S/C23H14Cl4N2O2/c24-17-7-6-14(20(26)10-17)13-31-22-15(9-18(25)11-21(22)27)8-16(12-28)23(30)29-19-4-2-1-3-5-19/h1-11H,13H2,(H,29,30)/b16-8+. The molecule has 1 amide bonds. The molecule has 0 saturated heterocycles. The number of hydrogen-bond donors (Lipinski definition) is 1. The van der Waals surface area contributed by atoms with Gasteiger partial charge in [-0.15, -0.1) is 0 Å². The molecule has 4 nitrogen and oxygen atoms in total. The molecular weight excluding hydrogens is 478 g/mol. The van der Waals surface area contributed by atoms with Crippen molar-refractivity contribution < 1.29 is 9.53 Å². The zero-order valence-corrected chi connectivity index (χ0v) is 18.9. The van der Waals surface area contributed by atoms with E-state index in [1.807, 2.05) is 12.1 Å². The third-order valence-electron chi connectivity index (χ3n) is 4.12. The van der Waals surface area contributed by atoms with Crippen LogP contribution in [0.2, 0.25) is 20.1 Å². The number of nitriles is 1. The molecule has 156 valence electrons. The maximum atomic E-state index is 12.5. The van der Waals surface area contributed by atoms with Crippen LogP contribution in [-0.4, -0.2) is 5.91 Å². The second kappa shape index (κ2) is 10.6. The monoisotopic (exact) mass is 490 g/mol. The van der Waals surface area contributed by atoms with Crippen LogP contribution in [0.25, 0.3) is 6.08 Å². The fraction of sp³-hybridized carbons (Fsp3) is 0.0435. The van der Waals surface area contributed by atoms with Crippen LogP contribution in [0.15, 0.2) is 66.2 Å². The van der Waals surface area contributed by atoms with Crippen molar-refractivity contribution in [3.05, 3.63) is 97.5 Å². The Morgan fingerprint density at radius 1 is 0.968 bits per heavy atom. The van der Waals surface area contributed by atoms with Crippen LogP contribution in [0, 0.1) is 11.3 Å². The van der Waals surface area contributed by atoms with Crippen LogP contribution < -0.4 is 10.1 Å². The highest BCUT2D eigenvalue weighted by Crippen LogP contribution is 2.35. The van der Waals surface area contributed by atoms with Gasteiger partial charge in [0.25, 0.3) is 5.91 Å². The Balaban J connectivity index is 1.90. The molecule has 0 unspecified atom stereocenters. The van der Waals surface area contributed by atoms with Gasteiger partial charge in [-0.1, -0.05) is 70.7 Å². The van der Waals surface area contributed by atoms with Crippen LogP contribution in [0.4, 0.5) is 5.69 Å². The molecule has 1 N–H and O–H groups in total. The van der Waals surface area contributed by atoms with Gasteiger partial charge in [0.2, 0.25) is 0 Å². The van der Waals surface area contributed by atoms with Crippen molar-refractivity contribution in [1.82, 2.24) is 0 Å². The summed E-state index contributed by atoms with van der Waals surface area (Å²) in [5, 5.41) is 13.7. The number of carbonyl (C=O) groups excluding carboxylic acids is 1. The zero-order valence-electron chi connectivity index (χ0n) is 15.8. The number of ether oxygens (including phenoxy) is 1. The maximum Gasteiger partial charge on any atom is 0.266 e. The Morgan fingerprint density at radius 2 is 1.68 bits per heavy atom. The lowest BCUT2D eigenvalue weighted by Gasteiger charge is -2.13. The summed E-state index contributed by atoms with van der Waals surface area (Å²) in [7, 11) is 0. The van der Waals surface area contributed by atoms with Crippen LogP contribution in [0.1, 0.15) is 11.1 Å². The average Bonchev–Trinajstić information content (AvgIpc) is 2.73. The predicted octanol–water partition coefficient (Wildman–Crippen LogP) is 7.42. The lowest BCUT2D eigenvalue weighted by Crippen LogP contribution is -2.13. The van der Waals surface area contributed by atoms with E-state index in [-0.39, 0.29) is 23.0 Å². The first-order valence-corrected chi connectivity index (χ1v) is 10.4. The summed E-state index contributed by atoms with van der Waals surface area (Å²) in [5.74, 6) is -0.311. The number of amides is 1. The van der Waals surface area contributed by atoms with Crippen molar-refractivity contribution in [2.24, 2.45) is 0 Å². The molecule has 3 aromatic rings. The Labute approximate surface area is 199 Å². The topological polar surface area (TPSA) is 62.1 Å². The van der Waals surface area contributed by atoms with Crippen LogP contribution >= 0.6 is 46.4 Å². The van der Waals surface area contributed by atoms with E-state index in [9.17, 15) is 10.1 Å². The minimum Gasteiger partial charge on any atom is -0.487 e. The molecule has 0 fully saturated rings. The summed E-state index contributed by atoms with van der Waals surface area (Å²) >= 11 is 24.6. The van der Waals surface area contributed by atoms with Crippen LogP contribution in [-0.2, 0) is 11.4 Å². The molecule has 3 rings (SSSR count). The van der Waals surface area contributed by atoms with Gasteiger partial charge in [-0.3, -0.25) is 4.79 Å². The average molecular weight is 492 g/mol. The van der Waals surface area contributed by atoms with Gasteiger partial charge in [0.1, 0.15) is 24.0 Å². The molecule has 0 spiro atoms. The Hall–Kier alpha value is -2.68. The number of anilines is 1. The minimum absolute atomic E-state index is 0.0935. The Kier molecular flexibility index (Phi) is 7.84. The lowest BCUT2D eigenvalue weighted by atomic mass is 10.1. The summed E-state index contributed by atoms with van der Waals surface area (Å²) in [6.07, 6.45) is 1.37. The third kappa shape index (κ3) is 6.16. The number of benzene rings is 3. The molecule has 0 heterocycles. The molecule has 0 bridgehead atoms. The Morgan fingerprint density at radius 3 is 2.35 bits per heavy atom. The third-order valence-corrected chi connectivity index (χ3v) is 5.21. The van der Waals surface area contributed by atoms with Crippen LogP contribution in [0.3, 0.4) is 0 Å². The van der Waals surface area contributed by atoms with E-state index in [2.05, 4.69) is 5.32 Å². The zero-order chi connectivity index (χ0) is 22.4. The van der Waals surface area contributed by atoms with E-state index >= 15 is 0 Å². The van der Waals surface area contributed by atoms with E-state index in [1.54, 1.807) is 48.5 Å². The van der Waals surface area contributed by atoms with E-state index < -0.39 is 5.91 Å². The fourth-order valence-corrected chi connectivity index (χ4v) is 3.68. The molecule has 8 heteroatoms. The first kappa shape index (κ1) is 23.0. The second-order valence-electron chi connectivity index (χ2n) is 6.32. The summed E-state index contributed by atoms with van der Waals surface area (Å²) in [5.41, 5.74) is 1.49. The number of hydrogen-bond acceptors (Lipinski definition) is 3. The SMILES string of the molecule is N#C/C(=C\c1cc(Cl)cc(Cl)c1OCc1ccc(Cl)cc1Cl)C(=O)Nc1ccccc1. The number of nitrogens with one attached hydrogen (secondary N) is 1. The normalized spacial score (nSPS) is 11.0. The van der Waals surface area contributed by atoms with E-state index in [0.717, 1.165) is 0 Å². The van der Waals surface area contributed by atoms with E-state index in [0.29, 0.717) is 31.9 Å². The van der Waals surface area contributed by atoms with Gasteiger partial charge in [0.05, 0.1) is 5.02 Å². The number of rotatable bonds is 6. The molecule has 0 aliphatic carbocycles. The summed E-state index contributed by atoms with van der Waals surface area (Å²) in [6.45, 7) is 0.0935. The van der Waals surface area contributed by atoms with Crippen molar-refractivity contribution in [3.8, 4) is 11.8 Å². The van der Waals surface area contributed by atoms with Gasteiger partial charge >= 0.3 is 0 Å². The quantitative estimate of drug-likeness (QED) is 0.288. The summed E-state index contributed by atoms with van der Waals surface area (Å²) in [6, 6.07) is 18.8. The highest BCUT2D eigenvalue weighted by Gasteiger charge is 2.15. The maximum absolute atomic E-state index is 12.5. The second-order valence-corrected chi connectivity index (χ2v) is 8.01. The molecule has 0 radical (unpaired) electrons. The van der Waals surface area contributed by atoms with Crippen molar-refractivity contribution in [3.63, 3.8) is 0 Å². The smallest absolute Gasteiger partial charge is 0.266 e. The van der Waals surface area contributed by atoms with Crippen LogP contribution in [0.5, 0.6) is 5.75 Å². The van der Waals surface area contributed by atoms with Gasteiger partial charge < -0.3 is 10.1 Å². The highest BCUT2D eigenvalue weighted by molar-refractivity contribution is 6.36. The Bertz CT molecular complexity index is 1190. The number of para-hydroxylation sites is 1. The first-order valence-electron chi connectivity index (χ1n) is 8.91. The molecule has 0 atom stereocenters. The van der Waals surface area contributed by atoms with E-state index in [4.69, 9.17) is 51.1 Å². The molecule has 0 aliphatic heterocycles. The lowest BCUT2D eigenvalue weighted by molar-refractivity contribution is -0.112. The molecule has 0 saturated carbocycles. The highest BCUT2D eigenvalue weighted by atomic mass is 35.5. The predicted molar refractivity (Wildman–Crippen MR) is 126 cm³/mol. The number of halogens is 4. The number of nitrogens with zero attached hydrogens (tertiary/aromatic N) is 1. The molecule has 3 aromatic carbocycles. The van der Waals surface area contributed by atoms with Crippen molar-refractivity contribution in [2.45, 2.75) is 6.61 Å². The molecule has 31 heavy (non-hydrogen) atoms. The molecular formula is C23H14Cl4N2O2. The molecule has 0 aromatic heterocycles. The van der Waals surface area contributed by atoms with Gasteiger partial charge in [-0.2, -0.15) is 5.26 Å². The largest absolute Gasteiger partial charge is 0.487 e. The summed E-state index contributed by atoms with van der Waals surface area (Å²) < 4.78 is 5.87. The van der Waals surface area contributed by atoms with Crippen molar-refractivity contribution >= 4 is 64.1 Å². The fourth-order valence-electron chi connectivity index (χ4n) is 2.65. The first-order chi connectivity index (χ1) is 14.9. The van der Waals surface area contributed by atoms with Gasteiger partial charge in [-0.05, 0) is 42.5 Å². The van der Waals surface area contributed by atoms with E-state index in [1.165, 1.54) is 12.1 Å².